The van der Waals surface area contributed by atoms with Gasteiger partial charge in [-0.1, -0.05) is 56.2 Å². The van der Waals surface area contributed by atoms with Crippen molar-refractivity contribution in [2.75, 3.05) is 25.0 Å². The lowest BCUT2D eigenvalue weighted by Gasteiger charge is -2.44. The first kappa shape index (κ1) is 17.0. The second kappa shape index (κ2) is 8.34. The van der Waals surface area contributed by atoms with Crippen molar-refractivity contribution in [3.8, 4) is 0 Å². The summed E-state index contributed by atoms with van der Waals surface area (Å²) in [6.07, 6.45) is 5.16. The largest absolute Gasteiger partial charge is 0.338 e. The van der Waals surface area contributed by atoms with Gasteiger partial charge in [-0.2, -0.15) is 0 Å². The van der Waals surface area contributed by atoms with E-state index in [1.807, 2.05) is 0 Å². The number of hydrogen-bond acceptors (Lipinski definition) is 2. The highest BCUT2D eigenvalue weighted by molar-refractivity contribution is 5.64. The number of anilines is 2. The van der Waals surface area contributed by atoms with Gasteiger partial charge in [-0.15, -0.1) is 0 Å². The van der Waals surface area contributed by atoms with Crippen molar-refractivity contribution < 1.29 is 0 Å². The number of rotatable bonds is 6. The third kappa shape index (κ3) is 3.99. The highest BCUT2D eigenvalue weighted by atomic mass is 15.2. The molecule has 2 unspecified atom stereocenters. The summed E-state index contributed by atoms with van der Waals surface area (Å²) in [4.78, 5) is 5.10. The molecule has 2 heteroatoms. The Labute approximate surface area is 147 Å². The standard InChI is InChI=1S/C22H30N2/c1-3-4-11-19-18-23(2)17-16-22(19)24(20-12-7-5-8-13-20)21-14-9-6-10-15-21/h5-10,12-15,19,22H,3-4,11,16-18H2,1-2H3. The summed E-state index contributed by atoms with van der Waals surface area (Å²) in [5.41, 5.74) is 2.64. The summed E-state index contributed by atoms with van der Waals surface area (Å²) in [7, 11) is 2.27. The molecule has 1 heterocycles. The molecule has 0 bridgehead atoms. The van der Waals surface area contributed by atoms with Gasteiger partial charge in [0.25, 0.3) is 0 Å². The van der Waals surface area contributed by atoms with Gasteiger partial charge in [0.2, 0.25) is 0 Å². The van der Waals surface area contributed by atoms with E-state index in [0.29, 0.717) is 6.04 Å². The predicted molar refractivity (Wildman–Crippen MR) is 104 cm³/mol. The molecule has 1 aliphatic rings. The van der Waals surface area contributed by atoms with Crippen molar-refractivity contribution >= 4 is 11.4 Å². The van der Waals surface area contributed by atoms with Crippen LogP contribution in [0.1, 0.15) is 32.6 Å². The van der Waals surface area contributed by atoms with Crippen LogP contribution in [0, 0.1) is 5.92 Å². The maximum absolute atomic E-state index is 2.59. The van der Waals surface area contributed by atoms with Crippen molar-refractivity contribution in [1.82, 2.24) is 4.90 Å². The number of nitrogens with zero attached hydrogens (tertiary/aromatic N) is 2. The fourth-order valence-electron chi connectivity index (χ4n) is 4.00. The fourth-order valence-corrected chi connectivity index (χ4v) is 4.00. The zero-order chi connectivity index (χ0) is 16.8. The molecule has 3 rings (SSSR count). The zero-order valence-corrected chi connectivity index (χ0v) is 15.1. The van der Waals surface area contributed by atoms with Crippen LogP contribution in [-0.4, -0.2) is 31.1 Å². The first-order valence-corrected chi connectivity index (χ1v) is 9.37. The summed E-state index contributed by atoms with van der Waals surface area (Å²) < 4.78 is 0. The quantitative estimate of drug-likeness (QED) is 0.708. The van der Waals surface area contributed by atoms with Crippen LogP contribution in [-0.2, 0) is 0 Å². The Balaban J connectivity index is 1.94. The van der Waals surface area contributed by atoms with Gasteiger partial charge in [0.1, 0.15) is 0 Å². The third-order valence-corrected chi connectivity index (χ3v) is 5.23. The minimum absolute atomic E-state index is 0.581. The van der Waals surface area contributed by atoms with Crippen molar-refractivity contribution in [3.05, 3.63) is 60.7 Å². The second-order valence-electron chi connectivity index (χ2n) is 7.06. The number of likely N-dealkylation sites (tertiary alicyclic amines) is 1. The van der Waals surface area contributed by atoms with Crippen molar-refractivity contribution in [2.45, 2.75) is 38.6 Å². The Kier molecular flexibility index (Phi) is 5.92. The molecule has 0 spiro atoms. The normalized spacial score (nSPS) is 21.6. The number of para-hydroxylation sites is 2. The van der Waals surface area contributed by atoms with E-state index in [4.69, 9.17) is 0 Å². The number of benzene rings is 2. The third-order valence-electron chi connectivity index (χ3n) is 5.23. The highest BCUT2D eigenvalue weighted by Gasteiger charge is 2.32. The smallest absolute Gasteiger partial charge is 0.0413 e. The Morgan fingerprint density at radius 1 is 0.958 bits per heavy atom. The van der Waals surface area contributed by atoms with Gasteiger partial charge in [0.05, 0.1) is 0 Å². The van der Waals surface area contributed by atoms with Crippen LogP contribution < -0.4 is 4.90 Å². The van der Waals surface area contributed by atoms with E-state index in [-0.39, 0.29) is 0 Å². The van der Waals surface area contributed by atoms with Gasteiger partial charge in [0, 0.05) is 24.0 Å². The van der Waals surface area contributed by atoms with Gasteiger partial charge in [-0.25, -0.2) is 0 Å². The fraction of sp³-hybridized carbons (Fsp3) is 0.455. The second-order valence-corrected chi connectivity index (χ2v) is 7.06. The minimum Gasteiger partial charge on any atom is -0.338 e. The van der Waals surface area contributed by atoms with Crippen LogP contribution in [0.15, 0.2) is 60.7 Å². The lowest BCUT2D eigenvalue weighted by Crippen LogP contribution is -2.48. The van der Waals surface area contributed by atoms with E-state index >= 15 is 0 Å². The van der Waals surface area contributed by atoms with Crippen molar-refractivity contribution in [1.29, 1.82) is 0 Å². The lowest BCUT2D eigenvalue weighted by molar-refractivity contribution is 0.175. The average molecular weight is 322 g/mol. The maximum atomic E-state index is 2.59. The topological polar surface area (TPSA) is 6.48 Å². The molecule has 2 nitrogen and oxygen atoms in total. The van der Waals surface area contributed by atoms with Gasteiger partial charge in [-0.3, -0.25) is 0 Å². The average Bonchev–Trinajstić information content (AvgIpc) is 2.63. The molecule has 2 aromatic carbocycles. The van der Waals surface area contributed by atoms with Gasteiger partial charge >= 0.3 is 0 Å². The molecule has 2 aromatic rings. The van der Waals surface area contributed by atoms with E-state index in [9.17, 15) is 0 Å². The van der Waals surface area contributed by atoms with Crippen molar-refractivity contribution in [3.63, 3.8) is 0 Å². The Bertz CT molecular complexity index is 556. The molecule has 0 radical (unpaired) electrons. The Morgan fingerprint density at radius 3 is 2.08 bits per heavy atom. The first-order chi connectivity index (χ1) is 11.8. The molecule has 24 heavy (non-hydrogen) atoms. The molecule has 1 saturated heterocycles. The molecule has 0 aromatic heterocycles. The summed E-state index contributed by atoms with van der Waals surface area (Å²) in [6, 6.07) is 22.4. The molecule has 0 aliphatic carbocycles. The SMILES string of the molecule is CCCCC1CN(C)CCC1N(c1ccccc1)c1ccccc1. The van der Waals surface area contributed by atoms with Gasteiger partial charge in [0.15, 0.2) is 0 Å². The molecule has 0 amide bonds. The van der Waals surface area contributed by atoms with E-state index in [0.717, 1.165) is 5.92 Å². The maximum Gasteiger partial charge on any atom is 0.0413 e. The van der Waals surface area contributed by atoms with Crippen LogP contribution in [0.5, 0.6) is 0 Å². The van der Waals surface area contributed by atoms with Crippen LogP contribution in [0.2, 0.25) is 0 Å². The van der Waals surface area contributed by atoms with Crippen LogP contribution in [0.25, 0.3) is 0 Å². The number of hydrogen-bond donors (Lipinski definition) is 0. The Hall–Kier alpha value is -1.80. The highest BCUT2D eigenvalue weighted by Crippen LogP contribution is 2.35. The van der Waals surface area contributed by atoms with Crippen LogP contribution in [0.4, 0.5) is 11.4 Å². The van der Waals surface area contributed by atoms with Crippen molar-refractivity contribution in [2.24, 2.45) is 5.92 Å². The molecule has 0 saturated carbocycles. The van der Waals surface area contributed by atoms with Gasteiger partial charge < -0.3 is 9.80 Å². The van der Waals surface area contributed by atoms with E-state index < -0.39 is 0 Å². The van der Waals surface area contributed by atoms with Crippen LogP contribution in [0.3, 0.4) is 0 Å². The lowest BCUT2D eigenvalue weighted by atomic mass is 9.86. The molecule has 1 fully saturated rings. The first-order valence-electron chi connectivity index (χ1n) is 9.37. The summed E-state index contributed by atoms with van der Waals surface area (Å²) in [5, 5.41) is 0. The summed E-state index contributed by atoms with van der Waals surface area (Å²) >= 11 is 0. The molecule has 2 atom stereocenters. The van der Waals surface area contributed by atoms with Gasteiger partial charge in [-0.05, 0) is 56.6 Å². The molecular formula is C22H30N2. The zero-order valence-electron chi connectivity index (χ0n) is 15.1. The molecule has 128 valence electrons. The minimum atomic E-state index is 0.581. The van der Waals surface area contributed by atoms with Crippen LogP contribution >= 0.6 is 0 Å². The Morgan fingerprint density at radius 2 is 1.54 bits per heavy atom. The van der Waals surface area contributed by atoms with E-state index in [1.165, 1.54) is 50.1 Å². The van der Waals surface area contributed by atoms with E-state index in [2.05, 4.69) is 84.4 Å². The monoisotopic (exact) mass is 322 g/mol. The summed E-state index contributed by atoms with van der Waals surface area (Å²) in [6.45, 7) is 4.69. The molecule has 1 aliphatic heterocycles. The summed E-state index contributed by atoms with van der Waals surface area (Å²) in [5.74, 6) is 0.726. The molecular weight excluding hydrogens is 292 g/mol. The molecule has 0 N–H and O–H groups in total. The number of unbranched alkanes of at least 4 members (excludes halogenated alkanes) is 1. The van der Waals surface area contributed by atoms with E-state index in [1.54, 1.807) is 0 Å². The predicted octanol–water partition coefficient (Wildman–Crippen LogP) is 5.34. The number of piperidine rings is 1.